The third-order valence-corrected chi connectivity index (χ3v) is 6.35. The van der Waals surface area contributed by atoms with Crippen LogP contribution in [0, 0.1) is 0 Å². The molecule has 2 aliphatic rings. The van der Waals surface area contributed by atoms with Crippen LogP contribution in [0.5, 0.6) is 0 Å². The van der Waals surface area contributed by atoms with Gasteiger partial charge in [-0.05, 0) is 74.4 Å². The Kier molecular flexibility index (Phi) is 4.66. The average Bonchev–Trinajstić information content (AvgIpc) is 2.77. The van der Waals surface area contributed by atoms with Gasteiger partial charge < -0.3 is 10.0 Å². The number of fused-ring (bicyclic) bond motifs is 2. The molecule has 0 amide bonds. The third-order valence-electron chi connectivity index (χ3n) is 6.35. The average molecular weight is 335 g/mol. The summed E-state index contributed by atoms with van der Waals surface area (Å²) in [5.74, 6) is 0. The molecule has 2 heteroatoms. The second-order valence-electron chi connectivity index (χ2n) is 7.84. The molecule has 1 saturated heterocycles. The zero-order valence-electron chi connectivity index (χ0n) is 15.2. The number of nitrogens with zero attached hydrogens (tertiary/aromatic N) is 1. The van der Waals surface area contributed by atoms with Crippen molar-refractivity contribution < 1.29 is 5.11 Å². The van der Waals surface area contributed by atoms with Crippen LogP contribution in [0.3, 0.4) is 0 Å². The molecule has 4 rings (SSSR count). The van der Waals surface area contributed by atoms with Crippen molar-refractivity contribution >= 4 is 0 Å². The monoisotopic (exact) mass is 335 g/mol. The maximum absolute atomic E-state index is 12.0. The van der Waals surface area contributed by atoms with Gasteiger partial charge in [0.1, 0.15) is 5.60 Å². The Morgan fingerprint density at radius 1 is 0.960 bits per heavy atom. The van der Waals surface area contributed by atoms with Gasteiger partial charge in [0.05, 0.1) is 0 Å². The van der Waals surface area contributed by atoms with Crippen molar-refractivity contribution in [2.75, 3.05) is 13.6 Å². The van der Waals surface area contributed by atoms with Crippen molar-refractivity contribution in [3.8, 4) is 0 Å². The van der Waals surface area contributed by atoms with E-state index in [-0.39, 0.29) is 0 Å². The Labute approximate surface area is 151 Å². The van der Waals surface area contributed by atoms with E-state index in [9.17, 15) is 5.11 Å². The summed E-state index contributed by atoms with van der Waals surface area (Å²) in [7, 11) is 2.24. The Morgan fingerprint density at radius 3 is 2.16 bits per heavy atom. The van der Waals surface area contributed by atoms with Crippen molar-refractivity contribution in [1.29, 1.82) is 0 Å². The number of benzene rings is 2. The molecule has 1 heterocycles. The number of rotatable bonds is 3. The molecule has 0 aromatic heterocycles. The van der Waals surface area contributed by atoms with Gasteiger partial charge in [0.25, 0.3) is 0 Å². The first kappa shape index (κ1) is 16.8. The van der Waals surface area contributed by atoms with E-state index in [1.165, 1.54) is 36.9 Å². The van der Waals surface area contributed by atoms with Crippen LogP contribution in [-0.4, -0.2) is 29.6 Å². The van der Waals surface area contributed by atoms with Crippen LogP contribution in [-0.2, 0) is 18.4 Å². The minimum Gasteiger partial charge on any atom is -0.380 e. The fraction of sp³-hybridized carbons (Fsp3) is 0.478. The van der Waals surface area contributed by atoms with Gasteiger partial charge in [-0.15, -0.1) is 0 Å². The molecule has 1 fully saturated rings. The van der Waals surface area contributed by atoms with E-state index >= 15 is 0 Å². The van der Waals surface area contributed by atoms with Gasteiger partial charge >= 0.3 is 0 Å². The van der Waals surface area contributed by atoms with Crippen LogP contribution in [0.15, 0.2) is 48.5 Å². The Morgan fingerprint density at radius 2 is 1.56 bits per heavy atom. The number of hydrogen-bond acceptors (Lipinski definition) is 2. The minimum absolute atomic E-state index is 0.598. The highest BCUT2D eigenvalue weighted by Gasteiger charge is 2.37. The smallest absolute Gasteiger partial charge is 0.115 e. The van der Waals surface area contributed by atoms with Crippen LogP contribution < -0.4 is 0 Å². The molecule has 0 saturated carbocycles. The van der Waals surface area contributed by atoms with Crippen molar-refractivity contribution in [2.24, 2.45) is 0 Å². The summed E-state index contributed by atoms with van der Waals surface area (Å²) in [6, 6.07) is 17.6. The first-order chi connectivity index (χ1) is 12.2. The number of hydrogen-bond donors (Lipinski definition) is 1. The van der Waals surface area contributed by atoms with Crippen LogP contribution in [0.2, 0.25) is 0 Å². The van der Waals surface area contributed by atoms with Gasteiger partial charge in [-0.25, -0.2) is 0 Å². The lowest BCUT2D eigenvalue weighted by Crippen LogP contribution is -2.38. The standard InChI is InChI=1S/C23H29NO/c1-24-17-7-6-10-20(24)15-16-23(25)21-11-4-2-8-18(21)13-14-19-9-3-5-12-22(19)23/h2-5,8-9,11-12,20,25H,6-7,10,13-17H2,1H3. The van der Waals surface area contributed by atoms with E-state index < -0.39 is 5.60 Å². The summed E-state index contributed by atoms with van der Waals surface area (Å²) < 4.78 is 0. The fourth-order valence-corrected chi connectivity index (χ4v) is 4.85. The van der Waals surface area contributed by atoms with Crippen molar-refractivity contribution in [2.45, 2.75) is 56.6 Å². The molecular formula is C23H29NO. The summed E-state index contributed by atoms with van der Waals surface area (Å²) >= 11 is 0. The first-order valence-electron chi connectivity index (χ1n) is 9.78. The Hall–Kier alpha value is -1.64. The number of aryl methyl sites for hydroxylation is 2. The normalized spacial score (nSPS) is 22.7. The van der Waals surface area contributed by atoms with Gasteiger partial charge in [-0.3, -0.25) is 0 Å². The molecule has 2 nitrogen and oxygen atoms in total. The Balaban J connectivity index is 1.70. The van der Waals surface area contributed by atoms with Gasteiger partial charge in [-0.2, -0.15) is 0 Å². The van der Waals surface area contributed by atoms with E-state index in [4.69, 9.17) is 0 Å². The van der Waals surface area contributed by atoms with Crippen molar-refractivity contribution in [1.82, 2.24) is 4.90 Å². The predicted octanol–water partition coefficient (Wildman–Crippen LogP) is 4.29. The summed E-state index contributed by atoms with van der Waals surface area (Å²) in [4.78, 5) is 2.49. The van der Waals surface area contributed by atoms with Crippen LogP contribution in [0.1, 0.15) is 54.4 Å². The molecule has 1 N–H and O–H groups in total. The van der Waals surface area contributed by atoms with Crippen molar-refractivity contribution in [3.05, 3.63) is 70.8 Å². The SMILES string of the molecule is CN1CCCCC1CCC1(O)c2ccccc2CCc2ccccc21. The summed E-state index contributed by atoms with van der Waals surface area (Å²) in [6.45, 7) is 1.19. The maximum atomic E-state index is 12.0. The van der Waals surface area contributed by atoms with Crippen molar-refractivity contribution in [3.63, 3.8) is 0 Å². The number of aliphatic hydroxyl groups is 1. The molecule has 2 aromatic rings. The van der Waals surface area contributed by atoms with E-state index in [2.05, 4.69) is 60.5 Å². The predicted molar refractivity (Wildman–Crippen MR) is 103 cm³/mol. The number of piperidine rings is 1. The van der Waals surface area contributed by atoms with Gasteiger partial charge in [-0.1, -0.05) is 55.0 Å². The zero-order valence-corrected chi connectivity index (χ0v) is 15.2. The van der Waals surface area contributed by atoms with E-state index in [0.717, 1.165) is 36.8 Å². The minimum atomic E-state index is -0.859. The molecule has 0 radical (unpaired) electrons. The summed E-state index contributed by atoms with van der Waals surface area (Å²) in [6.07, 6.45) is 7.77. The highest BCUT2D eigenvalue weighted by molar-refractivity contribution is 5.47. The largest absolute Gasteiger partial charge is 0.380 e. The molecule has 0 bridgehead atoms. The highest BCUT2D eigenvalue weighted by atomic mass is 16.3. The van der Waals surface area contributed by atoms with Gasteiger partial charge in [0, 0.05) is 6.04 Å². The molecule has 132 valence electrons. The molecule has 1 aliphatic carbocycles. The van der Waals surface area contributed by atoms with E-state index in [0.29, 0.717) is 6.04 Å². The Bertz CT molecular complexity index is 691. The molecular weight excluding hydrogens is 306 g/mol. The van der Waals surface area contributed by atoms with Gasteiger partial charge in [0.15, 0.2) is 0 Å². The van der Waals surface area contributed by atoms with Crippen LogP contribution in [0.25, 0.3) is 0 Å². The van der Waals surface area contributed by atoms with Gasteiger partial charge in [0.2, 0.25) is 0 Å². The summed E-state index contributed by atoms with van der Waals surface area (Å²) in [5, 5.41) is 12.0. The fourth-order valence-electron chi connectivity index (χ4n) is 4.85. The molecule has 25 heavy (non-hydrogen) atoms. The second kappa shape index (κ2) is 6.93. The quantitative estimate of drug-likeness (QED) is 0.905. The van der Waals surface area contributed by atoms with E-state index in [1.54, 1.807) is 0 Å². The second-order valence-corrected chi connectivity index (χ2v) is 7.84. The highest BCUT2D eigenvalue weighted by Crippen LogP contribution is 2.41. The topological polar surface area (TPSA) is 23.5 Å². The molecule has 1 unspecified atom stereocenters. The van der Waals surface area contributed by atoms with E-state index in [1.807, 2.05) is 0 Å². The summed E-state index contributed by atoms with van der Waals surface area (Å²) in [5.41, 5.74) is 4.00. The maximum Gasteiger partial charge on any atom is 0.115 e. The molecule has 1 aliphatic heterocycles. The molecule has 2 aromatic carbocycles. The first-order valence-corrected chi connectivity index (χ1v) is 9.78. The lowest BCUT2D eigenvalue weighted by atomic mass is 9.79. The third kappa shape index (κ3) is 3.14. The van der Waals surface area contributed by atoms with Crippen LogP contribution >= 0.6 is 0 Å². The lowest BCUT2D eigenvalue weighted by molar-refractivity contribution is 0.0532. The van der Waals surface area contributed by atoms with Crippen LogP contribution in [0.4, 0.5) is 0 Å². The number of likely N-dealkylation sites (tertiary alicyclic amines) is 1. The molecule has 0 spiro atoms. The lowest BCUT2D eigenvalue weighted by Gasteiger charge is -2.37. The zero-order chi connectivity index (χ0) is 17.3. The molecule has 1 atom stereocenters.